The SMILES string of the molecule is COC(=O)c1ccc(I(OS(=O)(=O)C(F)(F)F)c2ccccc2)c([Si](C)(C)C)c1. The van der Waals surface area contributed by atoms with Crippen molar-refractivity contribution in [2.75, 3.05) is 7.11 Å². The van der Waals surface area contributed by atoms with E-state index in [9.17, 15) is 26.4 Å². The monoisotopic (exact) mass is 560 g/mol. The Kier molecular flexibility index (Phi) is 7.18. The zero-order valence-electron chi connectivity index (χ0n) is 16.1. The van der Waals surface area contributed by atoms with Crippen LogP contribution in [0.1, 0.15) is 10.4 Å². The van der Waals surface area contributed by atoms with Crippen LogP contribution in [0.4, 0.5) is 13.2 Å². The number of alkyl halides is 3. The molecule has 0 aliphatic carbocycles. The van der Waals surface area contributed by atoms with Crippen molar-refractivity contribution in [3.05, 3.63) is 61.2 Å². The van der Waals surface area contributed by atoms with Gasteiger partial charge >= 0.3 is 177 Å². The van der Waals surface area contributed by atoms with Crippen molar-refractivity contribution >= 4 is 49.6 Å². The van der Waals surface area contributed by atoms with Crippen molar-refractivity contribution in [3.63, 3.8) is 0 Å². The summed E-state index contributed by atoms with van der Waals surface area (Å²) in [4.78, 5) is 11.9. The summed E-state index contributed by atoms with van der Waals surface area (Å²) in [7, 11) is -6.77. The number of halogens is 4. The Balaban J connectivity index is 2.72. The first kappa shape index (κ1) is 23.8. The Bertz CT molecular complexity index is 989. The summed E-state index contributed by atoms with van der Waals surface area (Å²) in [6.07, 6.45) is 0. The van der Waals surface area contributed by atoms with Crippen LogP contribution in [0, 0.1) is 7.14 Å². The van der Waals surface area contributed by atoms with Crippen LogP contribution in [0.2, 0.25) is 19.6 Å². The molecule has 0 fully saturated rings. The molecule has 0 unspecified atom stereocenters. The third-order valence-electron chi connectivity index (χ3n) is 3.74. The summed E-state index contributed by atoms with van der Waals surface area (Å²) in [5.74, 6) is -0.583. The van der Waals surface area contributed by atoms with Gasteiger partial charge in [-0.3, -0.25) is 0 Å². The molecule has 0 saturated carbocycles. The fraction of sp³-hybridized carbons (Fsp3) is 0.278. The molecule has 5 nitrogen and oxygen atoms in total. The fourth-order valence-corrected chi connectivity index (χ4v) is 13.3. The average molecular weight is 560 g/mol. The first-order valence-electron chi connectivity index (χ1n) is 8.27. The molecule has 2 aromatic carbocycles. The second kappa shape index (κ2) is 8.74. The number of carbonyl (C=O) groups is 1. The third kappa shape index (κ3) is 5.58. The molecule has 0 heterocycles. The van der Waals surface area contributed by atoms with Crippen molar-refractivity contribution in [2.24, 2.45) is 0 Å². The van der Waals surface area contributed by atoms with E-state index in [-0.39, 0.29) is 5.56 Å². The van der Waals surface area contributed by atoms with E-state index < -0.39 is 49.9 Å². The minimum absolute atomic E-state index is 0.247. The van der Waals surface area contributed by atoms with Gasteiger partial charge < -0.3 is 0 Å². The second-order valence-electron chi connectivity index (χ2n) is 6.94. The van der Waals surface area contributed by atoms with Gasteiger partial charge in [0, 0.05) is 0 Å². The zero-order chi connectivity index (χ0) is 22.0. The number of carbonyl (C=O) groups excluding carboxylic acids is 1. The molecular weight excluding hydrogens is 540 g/mol. The van der Waals surface area contributed by atoms with Crippen molar-refractivity contribution in [1.82, 2.24) is 0 Å². The first-order valence-corrected chi connectivity index (χ1v) is 16.2. The van der Waals surface area contributed by atoms with E-state index in [1.54, 1.807) is 36.4 Å². The van der Waals surface area contributed by atoms with Gasteiger partial charge in [0.15, 0.2) is 0 Å². The van der Waals surface area contributed by atoms with E-state index in [2.05, 4.69) is 0 Å². The molecule has 0 aromatic heterocycles. The van der Waals surface area contributed by atoms with Gasteiger partial charge in [0.25, 0.3) is 0 Å². The van der Waals surface area contributed by atoms with Gasteiger partial charge in [0.05, 0.1) is 0 Å². The van der Waals surface area contributed by atoms with Crippen molar-refractivity contribution in [2.45, 2.75) is 25.1 Å². The first-order chi connectivity index (χ1) is 13.3. The summed E-state index contributed by atoms with van der Waals surface area (Å²) in [6.45, 7) is 5.85. The Morgan fingerprint density at radius 2 is 1.62 bits per heavy atom. The third-order valence-corrected chi connectivity index (χ3v) is 13.5. The number of hydrogen-bond donors (Lipinski definition) is 0. The molecule has 0 aliphatic heterocycles. The summed E-state index contributed by atoms with van der Waals surface area (Å²) >= 11 is -3.53. The van der Waals surface area contributed by atoms with Crippen LogP contribution in [-0.4, -0.2) is 35.1 Å². The topological polar surface area (TPSA) is 69.7 Å². The Hall–Kier alpha value is -1.44. The predicted molar refractivity (Wildman–Crippen MR) is 115 cm³/mol. The number of ether oxygens (including phenoxy) is 1. The maximum atomic E-state index is 13.0. The molecule has 0 bridgehead atoms. The van der Waals surface area contributed by atoms with Gasteiger partial charge in [0.2, 0.25) is 0 Å². The molecule has 0 N–H and O–H groups in total. The summed E-state index contributed by atoms with van der Waals surface area (Å²) in [5.41, 5.74) is -5.28. The number of esters is 1. The van der Waals surface area contributed by atoms with E-state index >= 15 is 0 Å². The Morgan fingerprint density at radius 3 is 2.10 bits per heavy atom. The van der Waals surface area contributed by atoms with Gasteiger partial charge in [-0.2, -0.15) is 0 Å². The molecule has 0 amide bonds. The Labute approximate surface area is 176 Å². The molecule has 160 valence electrons. The standard InChI is InChI=1S/C18H20F3IO5SSi/c1-26-17(23)13-10-11-15(16(12-13)29(2,3)4)22(14-8-6-5-7-9-14)27-28(24,25)18(19,20)21/h5-12H,1-4H3. The Morgan fingerprint density at radius 1 is 1.03 bits per heavy atom. The average Bonchev–Trinajstić information content (AvgIpc) is 2.64. The summed E-state index contributed by atoms with van der Waals surface area (Å²) in [5, 5.41) is 0.659. The van der Waals surface area contributed by atoms with Crippen molar-refractivity contribution < 1.29 is 33.6 Å². The molecule has 0 atom stereocenters. The number of hydrogen-bond acceptors (Lipinski definition) is 5. The van der Waals surface area contributed by atoms with Gasteiger partial charge in [0.1, 0.15) is 0 Å². The number of rotatable bonds is 6. The van der Waals surface area contributed by atoms with E-state index in [1.165, 1.54) is 19.2 Å². The van der Waals surface area contributed by atoms with Crippen molar-refractivity contribution in [3.8, 4) is 0 Å². The quantitative estimate of drug-likeness (QED) is 0.228. The molecule has 0 radical (unpaired) electrons. The van der Waals surface area contributed by atoms with E-state index in [0.717, 1.165) is 0 Å². The van der Waals surface area contributed by atoms with Crippen LogP contribution >= 0.6 is 20.2 Å². The normalized spacial score (nSPS) is 13.1. The van der Waals surface area contributed by atoms with Crippen LogP contribution in [0.15, 0.2) is 48.5 Å². The maximum absolute atomic E-state index is 13.0. The van der Waals surface area contributed by atoms with Gasteiger partial charge in [-0.25, -0.2) is 0 Å². The van der Waals surface area contributed by atoms with E-state index in [0.29, 0.717) is 12.3 Å². The van der Waals surface area contributed by atoms with E-state index in [1.807, 2.05) is 19.6 Å². The van der Waals surface area contributed by atoms with Crippen LogP contribution < -0.4 is 5.19 Å². The molecule has 0 saturated heterocycles. The summed E-state index contributed by atoms with van der Waals surface area (Å²) in [6, 6.07) is 12.5. The number of methoxy groups -OCH3 is 1. The molecular formula is C18H20F3IO5SSi. The number of benzene rings is 2. The molecule has 2 aromatic rings. The van der Waals surface area contributed by atoms with Gasteiger partial charge in [-0.15, -0.1) is 0 Å². The van der Waals surface area contributed by atoms with Crippen molar-refractivity contribution in [1.29, 1.82) is 0 Å². The molecule has 11 heteroatoms. The van der Waals surface area contributed by atoms with Crippen LogP contribution in [-0.2, 0) is 17.4 Å². The molecule has 29 heavy (non-hydrogen) atoms. The second-order valence-corrected chi connectivity index (χ2v) is 18.4. The predicted octanol–water partition coefficient (Wildman–Crippen LogP) is 4.35. The molecule has 0 aliphatic rings. The van der Waals surface area contributed by atoms with Crippen LogP contribution in [0.25, 0.3) is 0 Å². The minimum atomic E-state index is -5.79. The summed E-state index contributed by atoms with van der Waals surface area (Å²) < 4.78 is 73.1. The molecule has 2 rings (SSSR count). The van der Waals surface area contributed by atoms with Gasteiger partial charge in [-0.1, -0.05) is 0 Å². The van der Waals surface area contributed by atoms with Gasteiger partial charge in [-0.05, 0) is 0 Å². The zero-order valence-corrected chi connectivity index (χ0v) is 20.1. The molecule has 0 spiro atoms. The van der Waals surface area contributed by atoms with Crippen LogP contribution in [0.3, 0.4) is 0 Å². The fourth-order valence-electron chi connectivity index (χ4n) is 2.33. The van der Waals surface area contributed by atoms with E-state index in [4.69, 9.17) is 7.25 Å². The van der Waals surface area contributed by atoms with Crippen LogP contribution in [0.5, 0.6) is 0 Å².